The lowest BCUT2D eigenvalue weighted by molar-refractivity contribution is 0.234. The van der Waals surface area contributed by atoms with Gasteiger partial charge in [-0.15, -0.1) is 0 Å². The first-order chi connectivity index (χ1) is 7.04. The number of halogens is 2. The van der Waals surface area contributed by atoms with E-state index in [4.69, 9.17) is 5.11 Å². The fourth-order valence-electron chi connectivity index (χ4n) is 1.43. The molecule has 0 saturated carbocycles. The molecule has 0 heterocycles. The lowest BCUT2D eigenvalue weighted by atomic mass is 10.1. The molecule has 0 bridgehead atoms. The van der Waals surface area contributed by atoms with E-state index >= 15 is 0 Å². The smallest absolute Gasteiger partial charge is 0.130 e. The highest BCUT2D eigenvalue weighted by atomic mass is 19.1. The molecule has 15 heavy (non-hydrogen) atoms. The van der Waals surface area contributed by atoms with Gasteiger partial charge in [-0.3, -0.25) is 0 Å². The zero-order valence-corrected chi connectivity index (χ0v) is 8.80. The molecule has 1 aromatic rings. The fourth-order valence-corrected chi connectivity index (χ4v) is 1.43. The summed E-state index contributed by atoms with van der Waals surface area (Å²) in [7, 11) is 0. The van der Waals surface area contributed by atoms with Gasteiger partial charge in [-0.05, 0) is 6.07 Å². The van der Waals surface area contributed by atoms with Crippen LogP contribution in [-0.2, 0) is 0 Å². The Bertz CT molecular complexity index is 328. The minimum absolute atomic E-state index is 0.117. The van der Waals surface area contributed by atoms with E-state index in [9.17, 15) is 8.78 Å². The molecule has 0 aliphatic carbocycles. The number of rotatable bonds is 4. The Labute approximate surface area is 87.9 Å². The SMILES string of the molecule is CC(C)NC(CO)c1ccc(F)cc1F. The predicted octanol–water partition coefficient (Wildman–Crippen LogP) is 2.00. The van der Waals surface area contributed by atoms with Crippen LogP contribution in [0.2, 0.25) is 0 Å². The minimum atomic E-state index is -0.637. The van der Waals surface area contributed by atoms with Crippen LogP contribution in [-0.4, -0.2) is 17.8 Å². The average Bonchev–Trinajstić information content (AvgIpc) is 2.14. The minimum Gasteiger partial charge on any atom is -0.394 e. The van der Waals surface area contributed by atoms with Crippen molar-refractivity contribution in [1.82, 2.24) is 5.32 Å². The first kappa shape index (κ1) is 12.1. The van der Waals surface area contributed by atoms with E-state index < -0.39 is 17.7 Å². The first-order valence-corrected chi connectivity index (χ1v) is 4.86. The Morgan fingerprint density at radius 1 is 1.33 bits per heavy atom. The molecule has 0 amide bonds. The number of hydrogen-bond acceptors (Lipinski definition) is 2. The molecule has 1 unspecified atom stereocenters. The van der Waals surface area contributed by atoms with Gasteiger partial charge in [0.05, 0.1) is 12.6 Å². The third-order valence-electron chi connectivity index (χ3n) is 2.06. The molecule has 0 aliphatic heterocycles. The van der Waals surface area contributed by atoms with Crippen LogP contribution in [0.15, 0.2) is 18.2 Å². The molecule has 0 spiro atoms. The van der Waals surface area contributed by atoms with Crippen molar-refractivity contribution in [2.45, 2.75) is 25.9 Å². The second kappa shape index (κ2) is 5.19. The normalized spacial score (nSPS) is 13.2. The molecule has 0 saturated heterocycles. The van der Waals surface area contributed by atoms with Gasteiger partial charge in [-0.1, -0.05) is 19.9 Å². The quantitative estimate of drug-likeness (QED) is 0.805. The van der Waals surface area contributed by atoms with Gasteiger partial charge in [0.1, 0.15) is 11.6 Å². The van der Waals surface area contributed by atoms with E-state index in [1.807, 2.05) is 13.8 Å². The highest BCUT2D eigenvalue weighted by molar-refractivity contribution is 5.22. The molecule has 1 atom stereocenters. The maximum absolute atomic E-state index is 13.3. The van der Waals surface area contributed by atoms with Crippen molar-refractivity contribution < 1.29 is 13.9 Å². The van der Waals surface area contributed by atoms with Crippen LogP contribution >= 0.6 is 0 Å². The van der Waals surface area contributed by atoms with E-state index in [-0.39, 0.29) is 18.2 Å². The van der Waals surface area contributed by atoms with Crippen LogP contribution in [0, 0.1) is 11.6 Å². The van der Waals surface area contributed by atoms with E-state index in [2.05, 4.69) is 5.32 Å². The standard InChI is InChI=1S/C11H15F2NO/c1-7(2)14-11(6-15)9-4-3-8(12)5-10(9)13/h3-5,7,11,14-15H,6H2,1-2H3. The molecule has 0 aromatic heterocycles. The summed E-state index contributed by atoms with van der Waals surface area (Å²) in [6.07, 6.45) is 0. The molecule has 0 aliphatic rings. The van der Waals surface area contributed by atoms with Gasteiger partial charge in [-0.2, -0.15) is 0 Å². The van der Waals surface area contributed by atoms with Gasteiger partial charge < -0.3 is 10.4 Å². The number of nitrogens with one attached hydrogen (secondary N) is 1. The predicted molar refractivity (Wildman–Crippen MR) is 54.5 cm³/mol. The average molecular weight is 215 g/mol. The third kappa shape index (κ3) is 3.25. The highest BCUT2D eigenvalue weighted by Crippen LogP contribution is 2.18. The molecule has 4 heteroatoms. The molecular weight excluding hydrogens is 200 g/mol. The van der Waals surface area contributed by atoms with Crippen molar-refractivity contribution >= 4 is 0 Å². The molecule has 0 fully saturated rings. The second-order valence-corrected chi connectivity index (χ2v) is 3.72. The molecule has 1 aromatic carbocycles. The molecule has 84 valence electrons. The summed E-state index contributed by atoms with van der Waals surface area (Å²) in [6.45, 7) is 3.56. The summed E-state index contributed by atoms with van der Waals surface area (Å²) in [5.74, 6) is -1.25. The third-order valence-corrected chi connectivity index (χ3v) is 2.06. The van der Waals surface area contributed by atoms with Crippen molar-refractivity contribution in [2.24, 2.45) is 0 Å². The van der Waals surface area contributed by atoms with Crippen molar-refractivity contribution in [1.29, 1.82) is 0 Å². The van der Waals surface area contributed by atoms with Gasteiger partial charge in [0.15, 0.2) is 0 Å². The van der Waals surface area contributed by atoms with Crippen LogP contribution in [0.3, 0.4) is 0 Å². The maximum atomic E-state index is 13.3. The summed E-state index contributed by atoms with van der Waals surface area (Å²) in [5, 5.41) is 12.1. The van der Waals surface area contributed by atoms with E-state index in [0.717, 1.165) is 6.07 Å². The number of aliphatic hydroxyl groups is 1. The van der Waals surface area contributed by atoms with Crippen LogP contribution in [0.25, 0.3) is 0 Å². The number of benzene rings is 1. The Kier molecular flexibility index (Phi) is 4.17. The van der Waals surface area contributed by atoms with Crippen LogP contribution < -0.4 is 5.32 Å². The van der Waals surface area contributed by atoms with Crippen molar-refractivity contribution in [3.63, 3.8) is 0 Å². The summed E-state index contributed by atoms with van der Waals surface area (Å²) in [5.41, 5.74) is 0.285. The zero-order valence-electron chi connectivity index (χ0n) is 8.80. The van der Waals surface area contributed by atoms with Gasteiger partial charge in [-0.25, -0.2) is 8.78 Å². The highest BCUT2D eigenvalue weighted by Gasteiger charge is 2.15. The van der Waals surface area contributed by atoms with Crippen LogP contribution in [0.5, 0.6) is 0 Å². The van der Waals surface area contributed by atoms with Gasteiger partial charge in [0.25, 0.3) is 0 Å². The maximum Gasteiger partial charge on any atom is 0.130 e. The second-order valence-electron chi connectivity index (χ2n) is 3.72. The lowest BCUT2D eigenvalue weighted by Gasteiger charge is -2.19. The van der Waals surface area contributed by atoms with E-state index in [0.29, 0.717) is 0 Å². The Morgan fingerprint density at radius 2 is 2.00 bits per heavy atom. The largest absolute Gasteiger partial charge is 0.394 e. The van der Waals surface area contributed by atoms with E-state index in [1.54, 1.807) is 0 Å². The summed E-state index contributed by atoms with van der Waals surface area (Å²) in [4.78, 5) is 0. The topological polar surface area (TPSA) is 32.3 Å². The van der Waals surface area contributed by atoms with Crippen molar-refractivity contribution in [2.75, 3.05) is 6.61 Å². The number of hydrogen-bond donors (Lipinski definition) is 2. The Balaban J connectivity index is 2.91. The molecule has 1 rings (SSSR count). The molecule has 0 radical (unpaired) electrons. The lowest BCUT2D eigenvalue weighted by Crippen LogP contribution is -2.31. The number of aliphatic hydroxyl groups excluding tert-OH is 1. The van der Waals surface area contributed by atoms with E-state index in [1.165, 1.54) is 12.1 Å². The summed E-state index contributed by atoms with van der Waals surface area (Å²) < 4.78 is 26.0. The summed E-state index contributed by atoms with van der Waals surface area (Å²) in [6, 6.07) is 2.97. The Hall–Kier alpha value is -1.00. The molecule has 2 N–H and O–H groups in total. The molecular formula is C11H15F2NO. The van der Waals surface area contributed by atoms with Crippen LogP contribution in [0.1, 0.15) is 25.5 Å². The van der Waals surface area contributed by atoms with Crippen molar-refractivity contribution in [3.8, 4) is 0 Å². The van der Waals surface area contributed by atoms with Crippen molar-refractivity contribution in [3.05, 3.63) is 35.4 Å². The van der Waals surface area contributed by atoms with Crippen LogP contribution in [0.4, 0.5) is 8.78 Å². The Morgan fingerprint density at radius 3 is 2.47 bits per heavy atom. The fraction of sp³-hybridized carbons (Fsp3) is 0.455. The molecule has 2 nitrogen and oxygen atoms in total. The zero-order chi connectivity index (χ0) is 11.4. The summed E-state index contributed by atoms with van der Waals surface area (Å²) >= 11 is 0. The van der Waals surface area contributed by atoms with Gasteiger partial charge in [0.2, 0.25) is 0 Å². The first-order valence-electron chi connectivity index (χ1n) is 4.86. The van der Waals surface area contributed by atoms with Gasteiger partial charge >= 0.3 is 0 Å². The monoisotopic (exact) mass is 215 g/mol. The van der Waals surface area contributed by atoms with Gasteiger partial charge in [0, 0.05) is 17.7 Å².